The second kappa shape index (κ2) is 11.1. The number of halogens is 1. The van der Waals surface area contributed by atoms with Crippen LogP contribution in [0.2, 0.25) is 0 Å². The van der Waals surface area contributed by atoms with E-state index in [0.717, 1.165) is 16.7 Å². The summed E-state index contributed by atoms with van der Waals surface area (Å²) in [6.45, 7) is 1.16. The Morgan fingerprint density at radius 3 is 2.12 bits per heavy atom. The zero-order chi connectivity index (χ0) is 23.8. The van der Waals surface area contributed by atoms with Gasteiger partial charge in [-0.15, -0.1) is 0 Å². The first-order valence-electron chi connectivity index (χ1n) is 10.9. The van der Waals surface area contributed by atoms with E-state index in [4.69, 9.17) is 9.47 Å². The van der Waals surface area contributed by atoms with Crippen LogP contribution in [0.4, 0.5) is 4.39 Å². The largest absolute Gasteiger partial charge is 0.497 e. The summed E-state index contributed by atoms with van der Waals surface area (Å²) in [5.74, 6) is 1.01. The van der Waals surface area contributed by atoms with Gasteiger partial charge in [0.2, 0.25) is 0 Å². The van der Waals surface area contributed by atoms with Crippen LogP contribution in [-0.2, 0) is 19.7 Å². The highest BCUT2D eigenvalue weighted by Gasteiger charge is 2.17. The maximum Gasteiger partial charge on any atom is 0.254 e. The van der Waals surface area contributed by atoms with Crippen molar-refractivity contribution < 1.29 is 18.7 Å². The van der Waals surface area contributed by atoms with E-state index in [2.05, 4.69) is 4.98 Å². The lowest BCUT2D eigenvalue weighted by Gasteiger charge is -2.23. The number of benzene rings is 3. The molecule has 1 amide bonds. The van der Waals surface area contributed by atoms with Gasteiger partial charge in [-0.2, -0.15) is 0 Å². The lowest BCUT2D eigenvalue weighted by Crippen LogP contribution is -2.30. The topological polar surface area (TPSA) is 51.7 Å². The van der Waals surface area contributed by atoms with Crippen molar-refractivity contribution in [1.82, 2.24) is 9.88 Å². The summed E-state index contributed by atoms with van der Waals surface area (Å²) >= 11 is 0. The van der Waals surface area contributed by atoms with Crippen molar-refractivity contribution in [3.05, 3.63) is 125 Å². The number of aromatic nitrogens is 1. The molecule has 0 unspecified atom stereocenters. The second-order valence-electron chi connectivity index (χ2n) is 7.81. The van der Waals surface area contributed by atoms with Crippen LogP contribution in [0.5, 0.6) is 11.5 Å². The molecular weight excluding hydrogens is 431 g/mol. The third-order valence-corrected chi connectivity index (χ3v) is 5.34. The Balaban J connectivity index is 1.47. The van der Waals surface area contributed by atoms with E-state index in [9.17, 15) is 9.18 Å². The molecule has 0 aliphatic heterocycles. The number of carbonyl (C=O) groups excluding carboxylic acids is 1. The van der Waals surface area contributed by atoms with Crippen molar-refractivity contribution in [3.63, 3.8) is 0 Å². The average Bonchev–Trinajstić information content (AvgIpc) is 2.88. The summed E-state index contributed by atoms with van der Waals surface area (Å²) in [4.78, 5) is 19.2. The number of nitrogens with zero attached hydrogens (tertiary/aromatic N) is 2. The highest BCUT2D eigenvalue weighted by atomic mass is 19.1. The molecular formula is C28H25FN2O3. The molecule has 0 saturated carbocycles. The van der Waals surface area contributed by atoms with E-state index < -0.39 is 0 Å². The quantitative estimate of drug-likeness (QED) is 0.327. The Hall–Kier alpha value is -4.19. The zero-order valence-electron chi connectivity index (χ0n) is 18.9. The molecule has 4 rings (SSSR count). The van der Waals surface area contributed by atoms with E-state index in [0.29, 0.717) is 30.2 Å². The highest BCUT2D eigenvalue weighted by molar-refractivity contribution is 5.94. The van der Waals surface area contributed by atoms with Gasteiger partial charge in [-0.3, -0.25) is 9.78 Å². The molecule has 0 radical (unpaired) electrons. The van der Waals surface area contributed by atoms with Crippen molar-refractivity contribution in [2.75, 3.05) is 7.11 Å². The standard InChI is InChI=1S/C28H25FN2O3/c1-33-26-11-7-24(8-12-26)28(32)31(19-22-13-15-30-16-14-22)18-21-5-9-27(10-6-21)34-20-23-3-2-4-25(29)17-23/h2-17H,18-20H2,1H3. The van der Waals surface area contributed by atoms with E-state index in [-0.39, 0.29) is 18.3 Å². The first kappa shape index (κ1) is 23.0. The van der Waals surface area contributed by atoms with Crippen LogP contribution < -0.4 is 9.47 Å². The monoisotopic (exact) mass is 456 g/mol. The Morgan fingerprint density at radius 2 is 1.47 bits per heavy atom. The number of methoxy groups -OCH3 is 1. The fourth-order valence-corrected chi connectivity index (χ4v) is 3.53. The number of amides is 1. The maximum absolute atomic E-state index is 13.4. The number of pyridine rings is 1. The van der Waals surface area contributed by atoms with Gasteiger partial charge in [0.05, 0.1) is 7.11 Å². The normalized spacial score (nSPS) is 10.5. The van der Waals surface area contributed by atoms with E-state index in [1.165, 1.54) is 12.1 Å². The fraction of sp³-hybridized carbons (Fsp3) is 0.143. The molecule has 0 N–H and O–H groups in total. The van der Waals surface area contributed by atoms with Crippen molar-refractivity contribution in [2.45, 2.75) is 19.7 Å². The minimum absolute atomic E-state index is 0.0779. The van der Waals surface area contributed by atoms with Crippen molar-refractivity contribution in [1.29, 1.82) is 0 Å². The molecule has 0 saturated heterocycles. The van der Waals surface area contributed by atoms with Crippen molar-refractivity contribution in [2.24, 2.45) is 0 Å². The fourth-order valence-electron chi connectivity index (χ4n) is 3.53. The van der Waals surface area contributed by atoms with E-state index in [1.807, 2.05) is 42.5 Å². The van der Waals surface area contributed by atoms with Crippen LogP contribution in [0.25, 0.3) is 0 Å². The number of hydrogen-bond donors (Lipinski definition) is 0. The number of ether oxygens (including phenoxy) is 2. The Labute approximate surface area is 198 Å². The van der Waals surface area contributed by atoms with E-state index in [1.54, 1.807) is 54.7 Å². The third-order valence-electron chi connectivity index (χ3n) is 5.34. The lowest BCUT2D eigenvalue weighted by molar-refractivity contribution is 0.0730. The predicted octanol–water partition coefficient (Wildman–Crippen LogP) is 5.65. The highest BCUT2D eigenvalue weighted by Crippen LogP contribution is 2.19. The van der Waals surface area contributed by atoms with Gasteiger partial charge < -0.3 is 14.4 Å². The Bertz CT molecular complexity index is 1210. The predicted molar refractivity (Wildman–Crippen MR) is 128 cm³/mol. The summed E-state index contributed by atoms with van der Waals surface area (Å²) in [6.07, 6.45) is 3.44. The lowest BCUT2D eigenvalue weighted by atomic mass is 10.1. The van der Waals surface area contributed by atoms with Gasteiger partial charge >= 0.3 is 0 Å². The molecule has 5 nitrogen and oxygen atoms in total. The van der Waals surface area contributed by atoms with Crippen LogP contribution in [0.1, 0.15) is 27.0 Å². The molecule has 1 heterocycles. The van der Waals surface area contributed by atoms with Crippen LogP contribution in [0.15, 0.2) is 97.3 Å². The van der Waals surface area contributed by atoms with Gasteiger partial charge in [-0.1, -0.05) is 24.3 Å². The minimum Gasteiger partial charge on any atom is -0.497 e. The summed E-state index contributed by atoms with van der Waals surface area (Å²) in [5, 5.41) is 0. The molecule has 172 valence electrons. The van der Waals surface area contributed by atoms with Crippen molar-refractivity contribution in [3.8, 4) is 11.5 Å². The first-order valence-corrected chi connectivity index (χ1v) is 10.9. The molecule has 0 aliphatic rings. The molecule has 34 heavy (non-hydrogen) atoms. The van der Waals surface area contributed by atoms with Gasteiger partial charge in [-0.25, -0.2) is 4.39 Å². The third kappa shape index (κ3) is 6.19. The van der Waals surface area contributed by atoms with Crippen LogP contribution >= 0.6 is 0 Å². The first-order chi connectivity index (χ1) is 16.6. The molecule has 0 fully saturated rings. The molecule has 0 aliphatic carbocycles. The van der Waals surface area contributed by atoms with Gasteiger partial charge in [0.15, 0.2) is 0 Å². The molecule has 0 spiro atoms. The minimum atomic E-state index is -0.285. The van der Waals surface area contributed by atoms with Crippen LogP contribution in [-0.4, -0.2) is 22.9 Å². The van der Waals surface area contributed by atoms with Crippen LogP contribution in [0, 0.1) is 5.82 Å². The SMILES string of the molecule is COc1ccc(C(=O)N(Cc2ccncc2)Cc2ccc(OCc3cccc(F)c3)cc2)cc1. The molecule has 0 atom stereocenters. The number of carbonyl (C=O) groups is 1. The average molecular weight is 457 g/mol. The maximum atomic E-state index is 13.4. The van der Waals surface area contributed by atoms with Gasteiger partial charge in [0, 0.05) is 31.0 Å². The Morgan fingerprint density at radius 1 is 0.824 bits per heavy atom. The summed E-state index contributed by atoms with van der Waals surface area (Å²) < 4.78 is 24.3. The molecule has 1 aromatic heterocycles. The number of rotatable bonds is 9. The smallest absolute Gasteiger partial charge is 0.254 e. The van der Waals surface area contributed by atoms with Gasteiger partial charge in [0.25, 0.3) is 5.91 Å². The van der Waals surface area contributed by atoms with Crippen molar-refractivity contribution >= 4 is 5.91 Å². The van der Waals surface area contributed by atoms with Gasteiger partial charge in [0.1, 0.15) is 23.9 Å². The van der Waals surface area contributed by atoms with Gasteiger partial charge in [-0.05, 0) is 77.4 Å². The Kier molecular flexibility index (Phi) is 7.50. The summed E-state index contributed by atoms with van der Waals surface area (Å²) in [5.41, 5.74) is 3.31. The number of hydrogen-bond acceptors (Lipinski definition) is 4. The molecule has 4 aromatic rings. The van der Waals surface area contributed by atoms with E-state index >= 15 is 0 Å². The molecule has 0 bridgehead atoms. The molecule has 6 heteroatoms. The van der Waals surface area contributed by atoms with Crippen LogP contribution in [0.3, 0.4) is 0 Å². The zero-order valence-corrected chi connectivity index (χ0v) is 18.9. The summed E-state index contributed by atoms with van der Waals surface area (Å²) in [6, 6.07) is 24.8. The second-order valence-corrected chi connectivity index (χ2v) is 7.81. The summed E-state index contributed by atoms with van der Waals surface area (Å²) in [7, 11) is 1.60. The molecule has 3 aromatic carbocycles.